The maximum absolute atomic E-state index is 5.42. The van der Waals surface area contributed by atoms with E-state index in [0.29, 0.717) is 4.77 Å². The second-order valence-electron chi connectivity index (χ2n) is 5.39. The van der Waals surface area contributed by atoms with Crippen molar-refractivity contribution in [2.45, 2.75) is 25.8 Å². The van der Waals surface area contributed by atoms with Crippen LogP contribution in [0.15, 0.2) is 60.7 Å². The Morgan fingerprint density at radius 2 is 1.64 bits per heavy atom. The van der Waals surface area contributed by atoms with Crippen LogP contribution in [-0.4, -0.2) is 14.8 Å². The van der Waals surface area contributed by atoms with Crippen molar-refractivity contribution in [2.75, 3.05) is 0 Å². The van der Waals surface area contributed by atoms with Gasteiger partial charge in [0.15, 0.2) is 4.77 Å². The monoisotopic (exact) mass is 309 g/mol. The van der Waals surface area contributed by atoms with Crippen molar-refractivity contribution in [1.82, 2.24) is 14.8 Å². The smallest absolute Gasteiger partial charge is 0.195 e. The van der Waals surface area contributed by atoms with Gasteiger partial charge in [0, 0.05) is 6.42 Å². The van der Waals surface area contributed by atoms with Crippen LogP contribution in [0.2, 0.25) is 0 Å². The van der Waals surface area contributed by atoms with Crippen molar-refractivity contribution in [2.24, 2.45) is 0 Å². The molecule has 3 nitrogen and oxygen atoms in total. The Morgan fingerprint density at radius 3 is 2.32 bits per heavy atom. The predicted octanol–water partition coefficient (Wildman–Crippen LogP) is 4.34. The Hall–Kier alpha value is -2.20. The summed E-state index contributed by atoms with van der Waals surface area (Å²) in [5.41, 5.74) is 2.55. The van der Waals surface area contributed by atoms with E-state index in [1.54, 1.807) is 0 Å². The van der Waals surface area contributed by atoms with Crippen LogP contribution in [0.1, 0.15) is 29.9 Å². The van der Waals surface area contributed by atoms with Gasteiger partial charge in [-0.3, -0.25) is 9.67 Å². The van der Waals surface area contributed by atoms with E-state index in [4.69, 9.17) is 12.2 Å². The fourth-order valence-electron chi connectivity index (χ4n) is 2.69. The Kier molecular flexibility index (Phi) is 4.49. The van der Waals surface area contributed by atoms with Crippen molar-refractivity contribution in [3.05, 3.63) is 82.4 Å². The van der Waals surface area contributed by atoms with E-state index >= 15 is 0 Å². The molecule has 0 bridgehead atoms. The number of aryl methyl sites for hydroxylation is 2. The molecule has 0 aliphatic rings. The number of benzene rings is 2. The molecular formula is C18H19N3S. The van der Waals surface area contributed by atoms with Gasteiger partial charge in [0.2, 0.25) is 0 Å². The maximum atomic E-state index is 5.42. The van der Waals surface area contributed by atoms with Crippen LogP contribution < -0.4 is 0 Å². The first kappa shape index (κ1) is 14.7. The Labute approximate surface area is 135 Å². The summed E-state index contributed by atoms with van der Waals surface area (Å²) in [5, 5.41) is 7.36. The molecule has 112 valence electrons. The van der Waals surface area contributed by atoms with E-state index in [0.717, 1.165) is 18.7 Å². The van der Waals surface area contributed by atoms with E-state index in [9.17, 15) is 0 Å². The van der Waals surface area contributed by atoms with Gasteiger partial charge >= 0.3 is 0 Å². The molecule has 0 radical (unpaired) electrons. The Balaban J connectivity index is 1.83. The van der Waals surface area contributed by atoms with Crippen LogP contribution in [0.5, 0.6) is 0 Å². The summed E-state index contributed by atoms with van der Waals surface area (Å²) >= 11 is 5.42. The average Bonchev–Trinajstić information content (AvgIpc) is 2.95. The Bertz CT molecular complexity index is 775. The first-order valence-electron chi connectivity index (χ1n) is 7.50. The number of nitrogens with zero attached hydrogens (tertiary/aromatic N) is 2. The van der Waals surface area contributed by atoms with Crippen LogP contribution in [0.25, 0.3) is 0 Å². The molecule has 0 saturated heterocycles. The number of nitrogens with one attached hydrogen (secondary N) is 1. The summed E-state index contributed by atoms with van der Waals surface area (Å²) in [7, 11) is 0. The Morgan fingerprint density at radius 1 is 1.00 bits per heavy atom. The fourth-order valence-corrected chi connectivity index (χ4v) is 3.00. The van der Waals surface area contributed by atoms with E-state index < -0.39 is 0 Å². The third-order valence-corrected chi connectivity index (χ3v) is 4.21. The van der Waals surface area contributed by atoms with E-state index in [1.165, 1.54) is 11.1 Å². The van der Waals surface area contributed by atoms with Crippen LogP contribution in [-0.2, 0) is 12.8 Å². The molecule has 1 aromatic heterocycles. The average molecular weight is 309 g/mol. The second kappa shape index (κ2) is 6.71. The predicted molar refractivity (Wildman–Crippen MR) is 91.5 cm³/mol. The molecule has 0 spiro atoms. The molecule has 0 unspecified atom stereocenters. The molecule has 1 N–H and O–H groups in total. The van der Waals surface area contributed by atoms with Crippen molar-refractivity contribution in [3.8, 4) is 0 Å². The summed E-state index contributed by atoms with van der Waals surface area (Å²) in [6.07, 6.45) is 1.83. The van der Waals surface area contributed by atoms with Crippen LogP contribution in [0.4, 0.5) is 0 Å². The van der Waals surface area contributed by atoms with Crippen LogP contribution >= 0.6 is 12.2 Å². The lowest BCUT2D eigenvalue weighted by Gasteiger charge is -2.16. The van der Waals surface area contributed by atoms with Crippen LogP contribution in [0.3, 0.4) is 0 Å². The molecule has 0 aliphatic heterocycles. The molecule has 4 heteroatoms. The first-order chi connectivity index (χ1) is 10.8. The number of H-pyrrole nitrogens is 1. The number of aromatic nitrogens is 3. The first-order valence-corrected chi connectivity index (χ1v) is 7.91. The highest BCUT2D eigenvalue weighted by Crippen LogP contribution is 2.20. The molecule has 0 saturated carbocycles. The van der Waals surface area contributed by atoms with Crippen LogP contribution in [0, 0.1) is 4.77 Å². The van der Waals surface area contributed by atoms with Gasteiger partial charge in [-0.05, 0) is 36.7 Å². The molecule has 2 aromatic carbocycles. The highest BCUT2D eigenvalue weighted by atomic mass is 32.1. The normalized spacial score (nSPS) is 12.2. The molecule has 3 rings (SSSR count). The highest BCUT2D eigenvalue weighted by molar-refractivity contribution is 7.71. The second-order valence-corrected chi connectivity index (χ2v) is 5.77. The SMILES string of the molecule is C[C@H](c1ccccc1)n1c(CCc2ccccc2)n[nH]c1=S. The fraction of sp³-hybridized carbons (Fsp3) is 0.222. The standard InChI is InChI=1S/C18H19N3S/c1-14(16-10-6-3-7-11-16)21-17(19-20-18(21)22)13-12-15-8-4-2-5-9-15/h2-11,14H,12-13H2,1H3,(H,20,22)/t14-/m1/s1. The third kappa shape index (κ3) is 3.17. The number of rotatable bonds is 5. The van der Waals surface area contributed by atoms with E-state index in [1.807, 2.05) is 12.1 Å². The van der Waals surface area contributed by atoms with Crippen molar-refractivity contribution >= 4 is 12.2 Å². The van der Waals surface area contributed by atoms with Gasteiger partial charge in [0.05, 0.1) is 6.04 Å². The number of hydrogen-bond donors (Lipinski definition) is 1. The molecule has 1 atom stereocenters. The van der Waals surface area contributed by atoms with Gasteiger partial charge in [0.25, 0.3) is 0 Å². The van der Waals surface area contributed by atoms with Gasteiger partial charge in [0.1, 0.15) is 5.82 Å². The zero-order valence-corrected chi connectivity index (χ0v) is 13.4. The van der Waals surface area contributed by atoms with E-state index in [-0.39, 0.29) is 6.04 Å². The lowest BCUT2D eigenvalue weighted by atomic mass is 10.1. The third-order valence-electron chi connectivity index (χ3n) is 3.93. The highest BCUT2D eigenvalue weighted by Gasteiger charge is 2.14. The topological polar surface area (TPSA) is 33.6 Å². The minimum atomic E-state index is 0.179. The lowest BCUT2D eigenvalue weighted by molar-refractivity contribution is 0.592. The summed E-state index contributed by atoms with van der Waals surface area (Å²) in [6, 6.07) is 21.0. The molecule has 22 heavy (non-hydrogen) atoms. The van der Waals surface area contributed by atoms with E-state index in [2.05, 4.69) is 70.2 Å². The molecule has 1 heterocycles. The van der Waals surface area contributed by atoms with Gasteiger partial charge in [-0.1, -0.05) is 60.7 Å². The molecule has 0 amide bonds. The molecule has 0 fully saturated rings. The summed E-state index contributed by atoms with van der Waals surface area (Å²) in [4.78, 5) is 0. The number of hydrogen-bond acceptors (Lipinski definition) is 2. The van der Waals surface area contributed by atoms with Crippen molar-refractivity contribution in [3.63, 3.8) is 0 Å². The van der Waals surface area contributed by atoms with Gasteiger partial charge in [-0.15, -0.1) is 0 Å². The zero-order chi connectivity index (χ0) is 15.4. The van der Waals surface area contributed by atoms with Gasteiger partial charge in [-0.2, -0.15) is 5.10 Å². The molecular weight excluding hydrogens is 290 g/mol. The summed E-state index contributed by atoms with van der Waals surface area (Å²) in [5.74, 6) is 1.00. The lowest BCUT2D eigenvalue weighted by Crippen LogP contribution is -2.11. The number of aromatic amines is 1. The minimum absolute atomic E-state index is 0.179. The zero-order valence-electron chi connectivity index (χ0n) is 12.6. The summed E-state index contributed by atoms with van der Waals surface area (Å²) in [6.45, 7) is 2.16. The van der Waals surface area contributed by atoms with Gasteiger partial charge in [-0.25, -0.2) is 0 Å². The minimum Gasteiger partial charge on any atom is -0.297 e. The molecule has 3 aromatic rings. The molecule has 0 aliphatic carbocycles. The maximum Gasteiger partial charge on any atom is 0.195 e. The summed E-state index contributed by atoms with van der Waals surface area (Å²) < 4.78 is 2.80. The quantitative estimate of drug-likeness (QED) is 0.711. The van der Waals surface area contributed by atoms with Crippen molar-refractivity contribution in [1.29, 1.82) is 0 Å². The largest absolute Gasteiger partial charge is 0.297 e. The van der Waals surface area contributed by atoms with Gasteiger partial charge < -0.3 is 0 Å². The van der Waals surface area contributed by atoms with Crippen molar-refractivity contribution < 1.29 is 0 Å².